The first-order valence-electron chi connectivity index (χ1n) is 5.60. The summed E-state index contributed by atoms with van der Waals surface area (Å²) in [5.41, 5.74) is 0.747. The molecule has 2 aromatic rings. The zero-order chi connectivity index (χ0) is 11.7. The minimum atomic E-state index is -0.269. The van der Waals surface area contributed by atoms with Gasteiger partial charge in [-0.15, -0.1) is 0 Å². The van der Waals surface area contributed by atoms with Crippen molar-refractivity contribution in [2.45, 2.75) is 6.42 Å². The highest BCUT2D eigenvalue weighted by atomic mass is 19.1. The van der Waals surface area contributed by atoms with Gasteiger partial charge in [0.1, 0.15) is 5.82 Å². The van der Waals surface area contributed by atoms with Crippen LogP contribution in [-0.2, 0) is 6.42 Å². The number of rotatable bonds is 3. The monoisotopic (exact) mass is 233 g/mol. The molecule has 1 fully saturated rings. The summed E-state index contributed by atoms with van der Waals surface area (Å²) in [6, 6.07) is 6.04. The minimum absolute atomic E-state index is 0.269. The van der Waals surface area contributed by atoms with Gasteiger partial charge >= 0.3 is 0 Å². The van der Waals surface area contributed by atoms with Crippen LogP contribution in [0.2, 0.25) is 0 Å². The Morgan fingerprint density at radius 1 is 1.29 bits per heavy atom. The van der Waals surface area contributed by atoms with Crippen LogP contribution in [0.25, 0.3) is 11.5 Å². The first-order chi connectivity index (χ1) is 8.31. The molecule has 0 atom stereocenters. The van der Waals surface area contributed by atoms with Crippen molar-refractivity contribution in [1.82, 2.24) is 15.5 Å². The maximum Gasteiger partial charge on any atom is 0.257 e. The van der Waals surface area contributed by atoms with Crippen molar-refractivity contribution in [3.63, 3.8) is 0 Å². The number of benzene rings is 1. The molecule has 3 rings (SSSR count). The smallest absolute Gasteiger partial charge is 0.257 e. The van der Waals surface area contributed by atoms with E-state index < -0.39 is 0 Å². The van der Waals surface area contributed by atoms with Crippen LogP contribution >= 0.6 is 0 Å². The highest BCUT2D eigenvalue weighted by Crippen LogP contribution is 2.18. The van der Waals surface area contributed by atoms with Crippen molar-refractivity contribution < 1.29 is 8.91 Å². The average Bonchev–Trinajstić information content (AvgIpc) is 2.73. The maximum absolute atomic E-state index is 12.8. The van der Waals surface area contributed by atoms with Gasteiger partial charge in [0.2, 0.25) is 0 Å². The molecule has 0 bridgehead atoms. The molecule has 1 aromatic carbocycles. The van der Waals surface area contributed by atoms with E-state index in [-0.39, 0.29) is 5.82 Å². The third-order valence-corrected chi connectivity index (χ3v) is 2.90. The summed E-state index contributed by atoms with van der Waals surface area (Å²) in [4.78, 5) is 4.30. The van der Waals surface area contributed by atoms with Crippen molar-refractivity contribution in [3.05, 3.63) is 35.9 Å². The summed E-state index contributed by atoms with van der Waals surface area (Å²) in [6.07, 6.45) is 0.831. The quantitative estimate of drug-likeness (QED) is 0.875. The molecule has 1 aromatic heterocycles. The second-order valence-corrected chi connectivity index (χ2v) is 4.25. The molecule has 4 nitrogen and oxygen atoms in total. The summed E-state index contributed by atoms with van der Waals surface area (Å²) in [6.45, 7) is 2.03. The Morgan fingerprint density at radius 2 is 2.06 bits per heavy atom. The lowest BCUT2D eigenvalue weighted by Crippen LogP contribution is -2.43. The van der Waals surface area contributed by atoms with Crippen molar-refractivity contribution in [2.24, 2.45) is 5.92 Å². The Bertz CT molecular complexity index is 505. The molecule has 0 aliphatic carbocycles. The molecule has 17 heavy (non-hydrogen) atoms. The number of aromatic nitrogens is 2. The summed E-state index contributed by atoms with van der Waals surface area (Å²) in [5.74, 6) is 1.51. The van der Waals surface area contributed by atoms with Gasteiger partial charge in [0.25, 0.3) is 5.89 Å². The fourth-order valence-electron chi connectivity index (χ4n) is 1.80. The molecule has 5 heteroatoms. The van der Waals surface area contributed by atoms with Gasteiger partial charge in [-0.1, -0.05) is 5.16 Å². The lowest BCUT2D eigenvalue weighted by atomic mass is 9.99. The summed E-state index contributed by atoms with van der Waals surface area (Å²) in [5, 5.41) is 7.13. The van der Waals surface area contributed by atoms with Crippen LogP contribution in [0, 0.1) is 11.7 Å². The largest absolute Gasteiger partial charge is 0.334 e. The molecule has 0 spiro atoms. The predicted octanol–water partition coefficient (Wildman–Crippen LogP) is 1.64. The highest BCUT2D eigenvalue weighted by Gasteiger charge is 2.20. The molecular weight excluding hydrogens is 221 g/mol. The zero-order valence-electron chi connectivity index (χ0n) is 9.19. The zero-order valence-corrected chi connectivity index (χ0v) is 9.19. The Kier molecular flexibility index (Phi) is 2.60. The Balaban J connectivity index is 1.76. The van der Waals surface area contributed by atoms with Crippen molar-refractivity contribution in [1.29, 1.82) is 0 Å². The Labute approximate surface area is 97.8 Å². The van der Waals surface area contributed by atoms with E-state index in [1.807, 2.05) is 0 Å². The highest BCUT2D eigenvalue weighted by molar-refractivity contribution is 5.52. The van der Waals surface area contributed by atoms with E-state index in [0.717, 1.165) is 30.9 Å². The van der Waals surface area contributed by atoms with Crippen LogP contribution in [0.15, 0.2) is 28.8 Å². The van der Waals surface area contributed by atoms with E-state index in [2.05, 4.69) is 15.5 Å². The fraction of sp³-hybridized carbons (Fsp3) is 0.333. The van der Waals surface area contributed by atoms with Gasteiger partial charge < -0.3 is 9.84 Å². The maximum atomic E-state index is 12.8. The van der Waals surface area contributed by atoms with Gasteiger partial charge in [0, 0.05) is 12.0 Å². The van der Waals surface area contributed by atoms with Gasteiger partial charge in [0.15, 0.2) is 5.82 Å². The van der Waals surface area contributed by atoms with E-state index in [4.69, 9.17) is 4.52 Å². The third-order valence-electron chi connectivity index (χ3n) is 2.90. The second-order valence-electron chi connectivity index (χ2n) is 4.25. The topological polar surface area (TPSA) is 51.0 Å². The SMILES string of the molecule is Fc1ccc(-c2nc(CC3CNC3)no2)cc1. The van der Waals surface area contributed by atoms with Gasteiger partial charge in [-0.05, 0) is 43.3 Å². The van der Waals surface area contributed by atoms with Crippen LogP contribution in [0.4, 0.5) is 4.39 Å². The number of nitrogens with zero attached hydrogens (tertiary/aromatic N) is 2. The molecule has 1 N–H and O–H groups in total. The lowest BCUT2D eigenvalue weighted by molar-refractivity contribution is 0.333. The van der Waals surface area contributed by atoms with Crippen LogP contribution in [0.1, 0.15) is 5.82 Å². The summed E-state index contributed by atoms with van der Waals surface area (Å²) >= 11 is 0. The minimum Gasteiger partial charge on any atom is -0.334 e. The van der Waals surface area contributed by atoms with Gasteiger partial charge in [0.05, 0.1) is 0 Å². The van der Waals surface area contributed by atoms with Crippen molar-refractivity contribution in [2.75, 3.05) is 13.1 Å². The molecule has 0 amide bonds. The van der Waals surface area contributed by atoms with E-state index in [0.29, 0.717) is 11.8 Å². The number of hydrogen-bond donors (Lipinski definition) is 1. The molecule has 88 valence electrons. The molecule has 1 aliphatic rings. The third kappa shape index (κ3) is 2.19. The first kappa shape index (κ1) is 10.4. The molecule has 0 saturated carbocycles. The Morgan fingerprint density at radius 3 is 2.71 bits per heavy atom. The van der Waals surface area contributed by atoms with Crippen molar-refractivity contribution >= 4 is 0 Å². The Hall–Kier alpha value is -1.75. The van der Waals surface area contributed by atoms with Gasteiger partial charge in [-0.3, -0.25) is 0 Å². The van der Waals surface area contributed by atoms with E-state index in [1.165, 1.54) is 12.1 Å². The standard InChI is InChI=1S/C12H12FN3O/c13-10-3-1-9(2-4-10)12-15-11(16-17-12)5-8-6-14-7-8/h1-4,8,14H,5-7H2. The van der Waals surface area contributed by atoms with Crippen molar-refractivity contribution in [3.8, 4) is 11.5 Å². The van der Waals surface area contributed by atoms with E-state index >= 15 is 0 Å². The number of nitrogens with one attached hydrogen (secondary N) is 1. The van der Waals surface area contributed by atoms with Gasteiger partial charge in [-0.2, -0.15) is 4.98 Å². The lowest BCUT2D eigenvalue weighted by Gasteiger charge is -2.25. The summed E-state index contributed by atoms with van der Waals surface area (Å²) in [7, 11) is 0. The van der Waals surface area contributed by atoms with E-state index in [1.54, 1.807) is 12.1 Å². The molecule has 0 unspecified atom stereocenters. The predicted molar refractivity (Wildman–Crippen MR) is 59.8 cm³/mol. The van der Waals surface area contributed by atoms with Gasteiger partial charge in [-0.25, -0.2) is 4.39 Å². The first-order valence-corrected chi connectivity index (χ1v) is 5.60. The molecule has 2 heterocycles. The van der Waals surface area contributed by atoms with Crippen LogP contribution < -0.4 is 5.32 Å². The number of hydrogen-bond acceptors (Lipinski definition) is 4. The summed E-state index contributed by atoms with van der Waals surface area (Å²) < 4.78 is 17.9. The molecule has 0 radical (unpaired) electrons. The van der Waals surface area contributed by atoms with E-state index in [9.17, 15) is 4.39 Å². The van der Waals surface area contributed by atoms with Crippen LogP contribution in [0.3, 0.4) is 0 Å². The molecule has 1 aliphatic heterocycles. The average molecular weight is 233 g/mol. The second kappa shape index (κ2) is 4.25. The fourth-order valence-corrected chi connectivity index (χ4v) is 1.80. The molecular formula is C12H12FN3O. The van der Waals surface area contributed by atoms with Crippen LogP contribution in [0.5, 0.6) is 0 Å². The normalized spacial score (nSPS) is 15.8. The van der Waals surface area contributed by atoms with Crippen LogP contribution in [-0.4, -0.2) is 23.2 Å². The molecule has 1 saturated heterocycles. The number of halogens is 1.